The summed E-state index contributed by atoms with van der Waals surface area (Å²) in [6.45, 7) is 4.24. The lowest BCUT2D eigenvalue weighted by Gasteiger charge is -2.50. The van der Waals surface area contributed by atoms with Crippen LogP contribution in [-0.2, 0) is 4.79 Å². The predicted octanol–water partition coefficient (Wildman–Crippen LogP) is 3.55. The van der Waals surface area contributed by atoms with Gasteiger partial charge >= 0.3 is 0 Å². The Bertz CT molecular complexity index is 574. The average molecular weight is 353 g/mol. The van der Waals surface area contributed by atoms with E-state index in [-0.39, 0.29) is 17.4 Å². The maximum absolute atomic E-state index is 12.8. The third-order valence-electron chi connectivity index (χ3n) is 5.56. The molecule has 4 atom stereocenters. The molecule has 3 N–H and O–H groups in total. The second kappa shape index (κ2) is 8.23. The van der Waals surface area contributed by atoms with Crippen LogP contribution in [0.15, 0.2) is 12.1 Å². The Hall–Kier alpha value is -1.24. The van der Waals surface area contributed by atoms with Crippen LogP contribution in [0.1, 0.15) is 66.5 Å². The van der Waals surface area contributed by atoms with E-state index in [0.717, 1.165) is 34.8 Å². The Labute approximate surface area is 147 Å². The van der Waals surface area contributed by atoms with Crippen LogP contribution in [0.5, 0.6) is 0 Å². The lowest BCUT2D eigenvalue weighted by atomic mass is 9.54. The van der Waals surface area contributed by atoms with E-state index in [1.165, 1.54) is 37.6 Å². The van der Waals surface area contributed by atoms with Gasteiger partial charge in [-0.2, -0.15) is 0 Å². The second-order valence-corrected chi connectivity index (χ2v) is 7.95. The van der Waals surface area contributed by atoms with E-state index in [1.807, 2.05) is 19.1 Å². The van der Waals surface area contributed by atoms with Gasteiger partial charge in [0, 0.05) is 11.9 Å². The molecular weight excluding hydrogens is 324 g/mol. The quantitative estimate of drug-likeness (QED) is 0.559. The maximum Gasteiger partial charge on any atom is 0.227 e. The molecular formula is C18H28N2O3S. The van der Waals surface area contributed by atoms with Gasteiger partial charge in [-0.15, -0.1) is 11.3 Å². The molecule has 3 rings (SSSR count). The van der Waals surface area contributed by atoms with E-state index in [9.17, 15) is 9.59 Å². The van der Waals surface area contributed by atoms with Crippen LogP contribution in [-0.4, -0.2) is 24.4 Å². The second-order valence-electron chi connectivity index (χ2n) is 6.80. The number of hydroxylamine groups is 1. The first-order valence-electron chi connectivity index (χ1n) is 8.69. The summed E-state index contributed by atoms with van der Waals surface area (Å²) in [7, 11) is 1.43. The third-order valence-corrected chi connectivity index (χ3v) is 6.75. The first-order chi connectivity index (χ1) is 11.5. The van der Waals surface area contributed by atoms with Crippen molar-refractivity contribution in [3.63, 3.8) is 0 Å². The minimum absolute atomic E-state index is 0.00694. The molecule has 2 fully saturated rings. The molecule has 0 bridgehead atoms. The zero-order chi connectivity index (χ0) is 17.7. The monoisotopic (exact) mass is 352 g/mol. The Balaban J connectivity index is 0.000000647. The Morgan fingerprint density at radius 2 is 2.25 bits per heavy atom. The van der Waals surface area contributed by atoms with Gasteiger partial charge < -0.3 is 10.5 Å². The number of fused-ring (bicyclic) bond motifs is 1. The van der Waals surface area contributed by atoms with Gasteiger partial charge in [-0.05, 0) is 50.2 Å². The van der Waals surface area contributed by atoms with Crippen molar-refractivity contribution in [3.8, 4) is 0 Å². The fourth-order valence-corrected chi connectivity index (χ4v) is 5.20. The van der Waals surface area contributed by atoms with Crippen molar-refractivity contribution < 1.29 is 14.8 Å². The molecule has 0 saturated heterocycles. The fraction of sp³-hybridized carbons (Fsp3) is 0.667. The van der Waals surface area contributed by atoms with E-state index in [2.05, 4.69) is 12.2 Å². The van der Waals surface area contributed by atoms with Crippen molar-refractivity contribution in [2.45, 2.75) is 52.0 Å². The summed E-state index contributed by atoms with van der Waals surface area (Å²) in [6.07, 6.45) is 6.59. The number of rotatable bonds is 5. The van der Waals surface area contributed by atoms with E-state index >= 15 is 0 Å². The van der Waals surface area contributed by atoms with Crippen LogP contribution in [0.4, 0.5) is 0 Å². The SMILES string of the molecule is CCC1CC2(C(=O)NC(C)c3ccc(C=O)s3)CCCC12.CNO. The highest BCUT2D eigenvalue weighted by atomic mass is 32.1. The van der Waals surface area contributed by atoms with E-state index in [0.29, 0.717) is 5.92 Å². The highest BCUT2D eigenvalue weighted by Gasteiger charge is 2.59. The minimum Gasteiger partial charge on any atom is -0.348 e. The van der Waals surface area contributed by atoms with Crippen LogP contribution < -0.4 is 10.8 Å². The largest absolute Gasteiger partial charge is 0.348 e. The molecule has 1 heterocycles. The van der Waals surface area contributed by atoms with Gasteiger partial charge in [0.15, 0.2) is 6.29 Å². The van der Waals surface area contributed by atoms with Crippen LogP contribution in [0.25, 0.3) is 0 Å². The zero-order valence-electron chi connectivity index (χ0n) is 14.7. The topological polar surface area (TPSA) is 78.4 Å². The Morgan fingerprint density at radius 1 is 1.54 bits per heavy atom. The summed E-state index contributed by atoms with van der Waals surface area (Å²) in [5.41, 5.74) is 1.67. The molecule has 0 aromatic carbocycles. The average Bonchev–Trinajstić information content (AvgIpc) is 3.15. The Kier molecular flexibility index (Phi) is 6.54. The molecule has 2 saturated carbocycles. The summed E-state index contributed by atoms with van der Waals surface area (Å²) in [6, 6.07) is 3.76. The number of hydrogen-bond donors (Lipinski definition) is 3. The van der Waals surface area contributed by atoms with Crippen molar-refractivity contribution in [3.05, 3.63) is 21.9 Å². The fourth-order valence-electron chi connectivity index (χ4n) is 4.37. The lowest BCUT2D eigenvalue weighted by molar-refractivity contribution is -0.146. The summed E-state index contributed by atoms with van der Waals surface area (Å²) in [5, 5.41) is 10.5. The number of nitrogens with one attached hydrogen (secondary N) is 2. The number of carbonyl (C=O) groups excluding carboxylic acids is 2. The van der Waals surface area contributed by atoms with Gasteiger partial charge in [0.25, 0.3) is 0 Å². The number of carbonyl (C=O) groups is 2. The van der Waals surface area contributed by atoms with Crippen LogP contribution in [0.2, 0.25) is 0 Å². The molecule has 0 aliphatic heterocycles. The van der Waals surface area contributed by atoms with Gasteiger partial charge in [0.2, 0.25) is 5.91 Å². The van der Waals surface area contributed by atoms with E-state index < -0.39 is 0 Å². The van der Waals surface area contributed by atoms with Crippen LogP contribution >= 0.6 is 11.3 Å². The van der Waals surface area contributed by atoms with Crippen molar-refractivity contribution in [1.82, 2.24) is 10.8 Å². The molecule has 6 heteroatoms. The maximum atomic E-state index is 12.8. The Morgan fingerprint density at radius 3 is 2.83 bits per heavy atom. The molecule has 0 spiro atoms. The van der Waals surface area contributed by atoms with Gasteiger partial charge in [0.1, 0.15) is 0 Å². The first-order valence-corrected chi connectivity index (χ1v) is 9.50. The molecule has 1 aromatic rings. The minimum atomic E-state index is -0.0836. The highest BCUT2D eigenvalue weighted by molar-refractivity contribution is 7.13. The molecule has 0 radical (unpaired) electrons. The molecule has 1 aromatic heterocycles. The smallest absolute Gasteiger partial charge is 0.227 e. The summed E-state index contributed by atoms with van der Waals surface area (Å²) < 4.78 is 0. The van der Waals surface area contributed by atoms with Crippen molar-refractivity contribution in [1.29, 1.82) is 0 Å². The molecule has 2 aliphatic rings. The molecule has 4 unspecified atom stereocenters. The van der Waals surface area contributed by atoms with E-state index in [4.69, 9.17) is 5.21 Å². The predicted molar refractivity (Wildman–Crippen MR) is 95.3 cm³/mol. The summed E-state index contributed by atoms with van der Waals surface area (Å²) in [5.74, 6) is 1.59. The number of hydrogen-bond acceptors (Lipinski definition) is 5. The molecule has 5 nitrogen and oxygen atoms in total. The number of amides is 1. The molecule has 2 aliphatic carbocycles. The van der Waals surface area contributed by atoms with Gasteiger partial charge in [0.05, 0.1) is 16.3 Å². The van der Waals surface area contributed by atoms with Gasteiger partial charge in [-0.3, -0.25) is 9.59 Å². The molecule has 134 valence electrons. The molecule has 1 amide bonds. The van der Waals surface area contributed by atoms with E-state index in [1.54, 1.807) is 5.48 Å². The van der Waals surface area contributed by atoms with Gasteiger partial charge in [-0.25, -0.2) is 5.48 Å². The van der Waals surface area contributed by atoms with Gasteiger partial charge in [-0.1, -0.05) is 19.8 Å². The van der Waals surface area contributed by atoms with Crippen LogP contribution in [0.3, 0.4) is 0 Å². The zero-order valence-corrected chi connectivity index (χ0v) is 15.5. The summed E-state index contributed by atoms with van der Waals surface area (Å²) in [4.78, 5) is 25.3. The first kappa shape index (κ1) is 19.1. The van der Waals surface area contributed by atoms with Crippen molar-refractivity contribution >= 4 is 23.5 Å². The lowest BCUT2D eigenvalue weighted by Crippen LogP contribution is -2.54. The summed E-state index contributed by atoms with van der Waals surface area (Å²) >= 11 is 1.47. The molecule has 24 heavy (non-hydrogen) atoms. The van der Waals surface area contributed by atoms with Crippen LogP contribution in [0, 0.1) is 17.3 Å². The number of aldehydes is 1. The highest BCUT2D eigenvalue weighted by Crippen LogP contribution is 2.62. The third kappa shape index (κ3) is 3.55. The normalized spacial score (nSPS) is 28.8. The standard InChI is InChI=1S/C17H23NO2S.CH5NO/c1-3-12-9-17(8-4-5-14(12)17)16(20)18-11(2)15-7-6-13(10-19)21-15;1-2-3/h6-7,10-12,14H,3-5,8-9H2,1-2H3,(H,18,20);2-3H,1H3. The van der Waals surface area contributed by atoms with Crippen molar-refractivity contribution in [2.24, 2.45) is 17.3 Å². The number of thiophene rings is 1. The van der Waals surface area contributed by atoms with Crippen molar-refractivity contribution in [2.75, 3.05) is 7.05 Å².